The zero-order valence-corrected chi connectivity index (χ0v) is 16.4. The molecule has 9 heteroatoms. The van der Waals surface area contributed by atoms with Gasteiger partial charge in [0.25, 0.3) is 5.91 Å². The molecule has 0 N–H and O–H groups in total. The van der Waals surface area contributed by atoms with Crippen molar-refractivity contribution in [1.29, 1.82) is 0 Å². The Morgan fingerprint density at radius 1 is 1.38 bits per heavy atom. The van der Waals surface area contributed by atoms with E-state index in [1.54, 1.807) is 13.0 Å². The number of hydrogen-bond acceptors (Lipinski definition) is 8. The van der Waals surface area contributed by atoms with Gasteiger partial charge in [-0.3, -0.25) is 4.79 Å². The molecule has 0 bridgehead atoms. The fourth-order valence-electron chi connectivity index (χ4n) is 4.38. The molecule has 0 unspecified atom stereocenters. The Labute approximate surface area is 156 Å². The molecule has 8 nitrogen and oxygen atoms in total. The Hall–Kier alpha value is -2.00. The Morgan fingerprint density at radius 3 is 2.81 bits per heavy atom. The van der Waals surface area contributed by atoms with E-state index < -0.39 is 0 Å². The van der Waals surface area contributed by atoms with Crippen molar-refractivity contribution in [2.75, 3.05) is 51.7 Å². The maximum absolute atomic E-state index is 12.8. The molecule has 2 aliphatic rings. The normalized spacial score (nSPS) is 25.3. The van der Waals surface area contributed by atoms with E-state index in [4.69, 9.17) is 4.52 Å². The molecule has 2 aliphatic heterocycles. The number of anilines is 1. The van der Waals surface area contributed by atoms with Crippen LogP contribution < -0.4 is 4.90 Å². The van der Waals surface area contributed by atoms with Crippen LogP contribution in [-0.4, -0.2) is 77.0 Å². The number of aryl methyl sites for hydroxylation is 2. The van der Waals surface area contributed by atoms with E-state index in [1.807, 2.05) is 11.8 Å². The summed E-state index contributed by atoms with van der Waals surface area (Å²) in [5.74, 6) is 1.86. The Kier molecular flexibility index (Phi) is 4.23. The van der Waals surface area contributed by atoms with E-state index in [0.717, 1.165) is 43.7 Å². The summed E-state index contributed by atoms with van der Waals surface area (Å²) in [6.45, 7) is 7.94. The largest absolute Gasteiger partial charge is 0.361 e. The SMILES string of the molecule is Cc1nsc(N2C[C@H]3CN(C(=O)c4cc(C)on4)C[C@@]3(CN(C)C)C2)n1. The van der Waals surface area contributed by atoms with Crippen molar-refractivity contribution in [3.63, 3.8) is 0 Å². The highest BCUT2D eigenvalue weighted by Gasteiger charge is 2.54. The molecule has 0 spiro atoms. The van der Waals surface area contributed by atoms with Crippen molar-refractivity contribution in [3.8, 4) is 0 Å². The lowest BCUT2D eigenvalue weighted by atomic mass is 9.80. The van der Waals surface area contributed by atoms with Gasteiger partial charge >= 0.3 is 0 Å². The van der Waals surface area contributed by atoms with Crippen LogP contribution in [0.2, 0.25) is 0 Å². The number of aromatic nitrogens is 3. The van der Waals surface area contributed by atoms with Gasteiger partial charge in [-0.1, -0.05) is 5.16 Å². The van der Waals surface area contributed by atoms with Crippen LogP contribution in [0.25, 0.3) is 0 Å². The third kappa shape index (κ3) is 2.99. The summed E-state index contributed by atoms with van der Waals surface area (Å²) in [6.07, 6.45) is 0. The predicted molar refractivity (Wildman–Crippen MR) is 98.5 cm³/mol. The van der Waals surface area contributed by atoms with Gasteiger partial charge in [-0.2, -0.15) is 4.37 Å². The average molecular weight is 376 g/mol. The van der Waals surface area contributed by atoms with Gasteiger partial charge in [0.2, 0.25) is 5.13 Å². The fraction of sp³-hybridized carbons (Fsp3) is 0.647. The van der Waals surface area contributed by atoms with E-state index in [2.05, 4.69) is 38.4 Å². The molecule has 4 rings (SSSR count). The van der Waals surface area contributed by atoms with Crippen molar-refractivity contribution >= 4 is 22.6 Å². The molecule has 2 fully saturated rings. The molecule has 2 aromatic rings. The molecule has 2 atom stereocenters. The van der Waals surface area contributed by atoms with Crippen molar-refractivity contribution in [2.45, 2.75) is 13.8 Å². The number of amides is 1. The molecule has 140 valence electrons. The highest BCUT2D eigenvalue weighted by Crippen LogP contribution is 2.45. The Balaban J connectivity index is 1.55. The van der Waals surface area contributed by atoms with Gasteiger partial charge < -0.3 is 19.2 Å². The first-order chi connectivity index (χ1) is 12.4. The summed E-state index contributed by atoms with van der Waals surface area (Å²) in [6, 6.07) is 1.71. The monoisotopic (exact) mass is 376 g/mol. The second kappa shape index (κ2) is 6.31. The van der Waals surface area contributed by atoms with Gasteiger partial charge in [0.15, 0.2) is 5.69 Å². The van der Waals surface area contributed by atoms with Crippen LogP contribution in [0.15, 0.2) is 10.6 Å². The standard InChI is InChI=1S/C17H24N6O2S/c1-11-5-14(19-25-11)15(24)22-6-13-7-23(16-18-12(2)20-26-16)10-17(13,9-22)8-21(3)4/h5,13H,6-10H2,1-4H3/t13-,17+/m1/s1. The van der Waals surface area contributed by atoms with E-state index >= 15 is 0 Å². The van der Waals surface area contributed by atoms with E-state index in [-0.39, 0.29) is 11.3 Å². The number of rotatable bonds is 4. The van der Waals surface area contributed by atoms with E-state index in [0.29, 0.717) is 17.4 Å². The number of carbonyl (C=O) groups is 1. The molecular formula is C17H24N6O2S. The predicted octanol–water partition coefficient (Wildman–Crippen LogP) is 1.28. The smallest absolute Gasteiger partial charge is 0.276 e. The molecule has 26 heavy (non-hydrogen) atoms. The van der Waals surface area contributed by atoms with Gasteiger partial charge in [0, 0.05) is 61.7 Å². The fourth-order valence-corrected chi connectivity index (χ4v) is 5.06. The summed E-state index contributed by atoms with van der Waals surface area (Å²) < 4.78 is 9.40. The third-order valence-corrected chi connectivity index (χ3v) is 6.18. The first kappa shape index (κ1) is 17.4. The van der Waals surface area contributed by atoms with Gasteiger partial charge in [-0.25, -0.2) is 4.98 Å². The lowest BCUT2D eigenvalue weighted by molar-refractivity contribution is 0.0755. The maximum atomic E-state index is 12.8. The van der Waals surface area contributed by atoms with E-state index in [9.17, 15) is 4.79 Å². The molecular weight excluding hydrogens is 352 g/mol. The molecule has 0 aromatic carbocycles. The van der Waals surface area contributed by atoms with Crippen LogP contribution >= 0.6 is 11.5 Å². The van der Waals surface area contributed by atoms with Gasteiger partial charge in [0.1, 0.15) is 11.6 Å². The van der Waals surface area contributed by atoms with E-state index in [1.165, 1.54) is 11.5 Å². The summed E-state index contributed by atoms with van der Waals surface area (Å²) in [7, 11) is 4.18. The van der Waals surface area contributed by atoms with Crippen LogP contribution in [0.5, 0.6) is 0 Å². The van der Waals surface area contributed by atoms with Crippen molar-refractivity contribution in [2.24, 2.45) is 11.3 Å². The number of hydrogen-bond donors (Lipinski definition) is 0. The van der Waals surface area contributed by atoms with Crippen LogP contribution in [0.4, 0.5) is 5.13 Å². The van der Waals surface area contributed by atoms with Crippen molar-refractivity contribution < 1.29 is 9.32 Å². The van der Waals surface area contributed by atoms with Crippen LogP contribution in [0.1, 0.15) is 22.1 Å². The lowest BCUT2D eigenvalue weighted by Crippen LogP contribution is -2.43. The minimum atomic E-state index is -0.0345. The quantitative estimate of drug-likeness (QED) is 0.795. The van der Waals surface area contributed by atoms with Gasteiger partial charge in [-0.15, -0.1) is 0 Å². The Morgan fingerprint density at radius 2 is 2.19 bits per heavy atom. The molecule has 0 saturated carbocycles. The summed E-state index contributed by atoms with van der Waals surface area (Å²) in [5.41, 5.74) is 0.441. The molecule has 1 amide bonds. The minimum Gasteiger partial charge on any atom is -0.361 e. The first-order valence-corrected chi connectivity index (χ1v) is 9.56. The molecule has 4 heterocycles. The van der Waals surface area contributed by atoms with Gasteiger partial charge in [-0.05, 0) is 27.9 Å². The molecule has 2 aromatic heterocycles. The molecule has 0 radical (unpaired) electrons. The van der Waals surface area contributed by atoms with Crippen LogP contribution in [0.3, 0.4) is 0 Å². The number of likely N-dealkylation sites (tertiary alicyclic amines) is 1. The summed E-state index contributed by atoms with van der Waals surface area (Å²) in [5, 5.41) is 4.89. The van der Waals surface area contributed by atoms with Crippen molar-refractivity contribution in [3.05, 3.63) is 23.3 Å². The minimum absolute atomic E-state index is 0.0345. The third-order valence-electron chi connectivity index (χ3n) is 5.31. The highest BCUT2D eigenvalue weighted by molar-refractivity contribution is 7.09. The average Bonchev–Trinajstić information content (AvgIpc) is 3.29. The lowest BCUT2D eigenvalue weighted by Gasteiger charge is -2.31. The summed E-state index contributed by atoms with van der Waals surface area (Å²) in [4.78, 5) is 23.9. The molecule has 2 saturated heterocycles. The number of nitrogens with zero attached hydrogens (tertiary/aromatic N) is 6. The Bertz CT molecular complexity index is 818. The number of fused-ring (bicyclic) bond motifs is 1. The zero-order chi connectivity index (χ0) is 18.5. The maximum Gasteiger partial charge on any atom is 0.276 e. The zero-order valence-electron chi connectivity index (χ0n) is 15.6. The first-order valence-electron chi connectivity index (χ1n) is 8.79. The van der Waals surface area contributed by atoms with Gasteiger partial charge in [0.05, 0.1) is 0 Å². The number of carbonyl (C=O) groups excluding carboxylic acids is 1. The van der Waals surface area contributed by atoms with Crippen LogP contribution in [-0.2, 0) is 0 Å². The van der Waals surface area contributed by atoms with Crippen LogP contribution in [0, 0.1) is 25.2 Å². The summed E-state index contributed by atoms with van der Waals surface area (Å²) >= 11 is 1.46. The molecule has 0 aliphatic carbocycles. The van der Waals surface area contributed by atoms with Crippen molar-refractivity contribution in [1.82, 2.24) is 24.3 Å². The highest BCUT2D eigenvalue weighted by atomic mass is 32.1. The topological polar surface area (TPSA) is 78.6 Å². The second-order valence-corrected chi connectivity index (χ2v) is 8.54. The second-order valence-electron chi connectivity index (χ2n) is 7.81.